The summed E-state index contributed by atoms with van der Waals surface area (Å²) in [7, 11) is 1.73. The van der Waals surface area contributed by atoms with Crippen molar-refractivity contribution < 1.29 is 14.3 Å². The van der Waals surface area contributed by atoms with E-state index in [1.165, 1.54) is 5.56 Å². The highest BCUT2D eigenvalue weighted by Crippen LogP contribution is 2.42. The van der Waals surface area contributed by atoms with Crippen molar-refractivity contribution in [3.8, 4) is 0 Å². The number of carbonyl (C=O) groups is 1. The summed E-state index contributed by atoms with van der Waals surface area (Å²) in [5, 5.41) is 0. The molecule has 3 aromatic rings. The average molecular weight is 443 g/mol. The number of carbonyl (C=O) groups excluding carboxylic acids is 1. The molecule has 2 saturated heterocycles. The monoisotopic (exact) mass is 442 g/mol. The Morgan fingerprint density at radius 3 is 2.06 bits per heavy atom. The first kappa shape index (κ1) is 21.7. The van der Waals surface area contributed by atoms with Crippen molar-refractivity contribution in [2.75, 3.05) is 26.8 Å². The van der Waals surface area contributed by atoms with Crippen LogP contribution in [-0.4, -0.2) is 54.8 Å². The van der Waals surface area contributed by atoms with Crippen molar-refractivity contribution in [3.05, 3.63) is 108 Å². The van der Waals surface area contributed by atoms with Crippen molar-refractivity contribution in [2.24, 2.45) is 0 Å². The third-order valence-electron chi connectivity index (χ3n) is 6.90. The number of likely N-dealkylation sites (tertiary alicyclic amines) is 1. The van der Waals surface area contributed by atoms with Crippen molar-refractivity contribution >= 4 is 6.09 Å². The first-order valence-electron chi connectivity index (χ1n) is 11.5. The van der Waals surface area contributed by atoms with Crippen LogP contribution in [0.1, 0.15) is 16.7 Å². The number of piperidine rings is 1. The van der Waals surface area contributed by atoms with Crippen molar-refractivity contribution in [2.45, 2.75) is 30.7 Å². The van der Waals surface area contributed by atoms with E-state index < -0.39 is 5.41 Å². The molecule has 2 aliphatic rings. The molecule has 5 heteroatoms. The maximum absolute atomic E-state index is 13.2. The lowest BCUT2D eigenvalue weighted by Gasteiger charge is -2.49. The Morgan fingerprint density at radius 1 is 0.879 bits per heavy atom. The van der Waals surface area contributed by atoms with Crippen LogP contribution < -0.4 is 0 Å². The molecular formula is C28H30N2O3. The summed E-state index contributed by atoms with van der Waals surface area (Å²) in [6.45, 7) is 3.35. The summed E-state index contributed by atoms with van der Waals surface area (Å²) >= 11 is 0. The van der Waals surface area contributed by atoms with E-state index in [2.05, 4.69) is 65.6 Å². The average Bonchev–Trinajstić information content (AvgIpc) is 3.17. The number of nitrogens with zero attached hydrogens (tertiary/aromatic N) is 2. The van der Waals surface area contributed by atoms with Crippen LogP contribution in [-0.2, 0) is 28.0 Å². The van der Waals surface area contributed by atoms with E-state index in [0.717, 1.165) is 30.8 Å². The second kappa shape index (κ2) is 9.38. The highest BCUT2D eigenvalue weighted by Gasteiger charge is 2.58. The zero-order valence-corrected chi connectivity index (χ0v) is 19.0. The fraction of sp³-hybridized carbons (Fsp3) is 0.321. The van der Waals surface area contributed by atoms with Gasteiger partial charge in [0.1, 0.15) is 6.10 Å². The fourth-order valence-electron chi connectivity index (χ4n) is 5.47. The van der Waals surface area contributed by atoms with Gasteiger partial charge in [0.2, 0.25) is 0 Å². The minimum Gasteiger partial charge on any atom is -0.443 e. The number of fused-ring (bicyclic) bond motifs is 1. The van der Waals surface area contributed by atoms with Gasteiger partial charge in [-0.2, -0.15) is 0 Å². The maximum atomic E-state index is 13.2. The molecule has 0 aromatic heterocycles. The molecule has 0 aliphatic carbocycles. The Morgan fingerprint density at radius 2 is 1.45 bits per heavy atom. The van der Waals surface area contributed by atoms with E-state index in [9.17, 15) is 4.79 Å². The highest BCUT2D eigenvalue weighted by atomic mass is 16.6. The Hall–Kier alpha value is -3.15. The number of methoxy groups -OCH3 is 1. The Bertz CT molecular complexity index is 1060. The van der Waals surface area contributed by atoms with Gasteiger partial charge in [0.15, 0.2) is 0 Å². The normalized spacial score (nSPS) is 25.0. The molecule has 5 nitrogen and oxygen atoms in total. The standard InChI is InChI=1S/C28H30N2O3/c1-32-21-28(24-15-9-4-10-16-24)20-29(17-22-11-5-2-6-12-22)19-25-26(28)33-27(31)30(25)18-23-13-7-3-8-14-23/h2-16,25-26H,17-21H2,1H3/t25-,26-,28-/m0/s1. The van der Waals surface area contributed by atoms with E-state index in [-0.39, 0.29) is 18.2 Å². The van der Waals surface area contributed by atoms with Gasteiger partial charge in [0, 0.05) is 33.3 Å². The lowest BCUT2D eigenvalue weighted by molar-refractivity contribution is -0.0394. The minimum absolute atomic E-state index is 0.0643. The number of benzene rings is 3. The lowest BCUT2D eigenvalue weighted by atomic mass is 9.70. The summed E-state index contributed by atoms with van der Waals surface area (Å²) < 4.78 is 12.0. The molecule has 3 aromatic carbocycles. The molecule has 0 bridgehead atoms. The maximum Gasteiger partial charge on any atom is 0.410 e. The van der Waals surface area contributed by atoms with Gasteiger partial charge in [-0.25, -0.2) is 4.79 Å². The van der Waals surface area contributed by atoms with Gasteiger partial charge < -0.3 is 9.47 Å². The van der Waals surface area contributed by atoms with Crippen LogP contribution in [0.2, 0.25) is 0 Å². The van der Waals surface area contributed by atoms with Crippen molar-refractivity contribution in [1.29, 1.82) is 0 Å². The second-order valence-corrected chi connectivity index (χ2v) is 9.10. The molecule has 2 heterocycles. The SMILES string of the molecule is COC[C@]1(c2ccccc2)CN(Cc2ccccc2)C[C@H]2[C@@H]1OC(=O)N2Cc1ccccc1. The second-order valence-electron chi connectivity index (χ2n) is 9.10. The van der Waals surface area contributed by atoms with Crippen LogP contribution in [0.15, 0.2) is 91.0 Å². The molecule has 170 valence electrons. The molecule has 0 radical (unpaired) electrons. The van der Waals surface area contributed by atoms with Gasteiger partial charge in [0.25, 0.3) is 0 Å². The predicted molar refractivity (Wildman–Crippen MR) is 128 cm³/mol. The van der Waals surface area contributed by atoms with Crippen molar-refractivity contribution in [1.82, 2.24) is 9.80 Å². The van der Waals surface area contributed by atoms with Crippen LogP contribution >= 0.6 is 0 Å². The Labute approximate surface area is 195 Å². The van der Waals surface area contributed by atoms with Crippen molar-refractivity contribution in [3.63, 3.8) is 0 Å². The summed E-state index contributed by atoms with van der Waals surface area (Å²) in [4.78, 5) is 17.5. The molecule has 0 saturated carbocycles. The molecule has 0 unspecified atom stereocenters. The molecule has 1 amide bonds. The van der Waals surface area contributed by atoms with Crippen LogP contribution in [0.25, 0.3) is 0 Å². The number of ether oxygens (including phenoxy) is 2. The molecule has 2 fully saturated rings. The lowest BCUT2D eigenvalue weighted by Crippen LogP contribution is -2.64. The minimum atomic E-state index is -0.450. The molecule has 2 aliphatic heterocycles. The van der Waals surface area contributed by atoms with E-state index >= 15 is 0 Å². The highest BCUT2D eigenvalue weighted by molar-refractivity contribution is 5.71. The summed E-state index contributed by atoms with van der Waals surface area (Å²) in [6.07, 6.45) is -0.519. The molecule has 0 spiro atoms. The number of amides is 1. The molecular weight excluding hydrogens is 412 g/mol. The largest absolute Gasteiger partial charge is 0.443 e. The van der Waals surface area contributed by atoms with Crippen LogP contribution in [0.3, 0.4) is 0 Å². The van der Waals surface area contributed by atoms with Gasteiger partial charge in [-0.3, -0.25) is 9.80 Å². The van der Waals surface area contributed by atoms with E-state index in [1.54, 1.807) is 7.11 Å². The quantitative estimate of drug-likeness (QED) is 0.541. The van der Waals surface area contributed by atoms with Gasteiger partial charge >= 0.3 is 6.09 Å². The number of hydrogen-bond acceptors (Lipinski definition) is 4. The Balaban J connectivity index is 1.53. The van der Waals surface area contributed by atoms with Gasteiger partial charge in [-0.05, 0) is 16.7 Å². The predicted octanol–water partition coefficient (Wildman–Crippen LogP) is 4.48. The third-order valence-corrected chi connectivity index (χ3v) is 6.90. The molecule has 5 rings (SSSR count). The van der Waals surface area contributed by atoms with E-state index in [1.807, 2.05) is 35.2 Å². The first-order valence-corrected chi connectivity index (χ1v) is 11.5. The van der Waals surface area contributed by atoms with Crippen LogP contribution in [0.5, 0.6) is 0 Å². The zero-order chi connectivity index (χ0) is 22.7. The van der Waals surface area contributed by atoms with E-state index in [0.29, 0.717) is 13.2 Å². The number of hydrogen-bond donors (Lipinski definition) is 0. The van der Waals surface area contributed by atoms with Crippen LogP contribution in [0.4, 0.5) is 4.79 Å². The summed E-state index contributed by atoms with van der Waals surface area (Å²) in [5.74, 6) is 0. The Kier molecular flexibility index (Phi) is 6.16. The number of rotatable bonds is 7. The van der Waals surface area contributed by atoms with Gasteiger partial charge in [-0.1, -0.05) is 91.0 Å². The summed E-state index contributed by atoms with van der Waals surface area (Å²) in [5.41, 5.74) is 3.06. The van der Waals surface area contributed by atoms with Gasteiger partial charge in [-0.15, -0.1) is 0 Å². The van der Waals surface area contributed by atoms with Crippen LogP contribution in [0, 0.1) is 0 Å². The molecule has 0 N–H and O–H groups in total. The van der Waals surface area contributed by atoms with Gasteiger partial charge in [0.05, 0.1) is 18.1 Å². The first-order chi connectivity index (χ1) is 16.2. The smallest absolute Gasteiger partial charge is 0.410 e. The molecule has 33 heavy (non-hydrogen) atoms. The topological polar surface area (TPSA) is 42.0 Å². The van der Waals surface area contributed by atoms with E-state index in [4.69, 9.17) is 9.47 Å². The third kappa shape index (κ3) is 4.26. The molecule has 3 atom stereocenters. The zero-order valence-electron chi connectivity index (χ0n) is 19.0. The summed E-state index contributed by atoms with van der Waals surface area (Å²) in [6, 6.07) is 31.0. The fourth-order valence-corrected chi connectivity index (χ4v) is 5.47.